The molecule has 0 atom stereocenters. The van der Waals surface area contributed by atoms with Crippen molar-refractivity contribution in [3.63, 3.8) is 0 Å². The summed E-state index contributed by atoms with van der Waals surface area (Å²) in [5, 5.41) is 7.58. The first kappa shape index (κ1) is 31.8. The van der Waals surface area contributed by atoms with Gasteiger partial charge in [0.15, 0.2) is 11.0 Å². The van der Waals surface area contributed by atoms with Crippen LogP contribution in [0.5, 0.6) is 5.75 Å². The van der Waals surface area contributed by atoms with Crippen molar-refractivity contribution in [2.24, 2.45) is 10.4 Å². The Balaban J connectivity index is 1.17. The van der Waals surface area contributed by atoms with E-state index in [0.717, 1.165) is 28.8 Å². The van der Waals surface area contributed by atoms with E-state index in [2.05, 4.69) is 45.9 Å². The first-order chi connectivity index (χ1) is 21.3. The van der Waals surface area contributed by atoms with Crippen LogP contribution in [0.4, 0.5) is 23.7 Å². The predicted octanol–water partition coefficient (Wildman–Crippen LogP) is 6.81. The molecule has 1 N–H and O–H groups in total. The highest BCUT2D eigenvalue weighted by molar-refractivity contribution is 8.15. The number of carbonyl (C=O) groups excluding carboxylic acids is 2. The second-order valence-corrected chi connectivity index (χ2v) is 12.5. The highest BCUT2D eigenvalue weighted by Gasteiger charge is 2.33. The maximum Gasteiger partial charge on any atom is 0.573 e. The van der Waals surface area contributed by atoms with E-state index < -0.39 is 12.4 Å². The molecule has 45 heavy (non-hydrogen) atoms. The molecule has 1 fully saturated rings. The molecular formula is C32H31F3N6O3S. The van der Waals surface area contributed by atoms with Gasteiger partial charge in [-0.05, 0) is 59.7 Å². The number of aliphatic imine (C=N–C) groups is 1. The van der Waals surface area contributed by atoms with Crippen molar-refractivity contribution >= 4 is 34.6 Å². The van der Waals surface area contributed by atoms with E-state index in [1.54, 1.807) is 0 Å². The van der Waals surface area contributed by atoms with Crippen molar-refractivity contribution in [3.8, 4) is 22.8 Å². The largest absolute Gasteiger partial charge is 0.573 e. The Morgan fingerprint density at radius 3 is 2.42 bits per heavy atom. The zero-order valence-electron chi connectivity index (χ0n) is 24.8. The number of alkyl halides is 3. The number of carbonyl (C=O) groups is 2. The molecule has 2 heterocycles. The number of rotatable bonds is 8. The van der Waals surface area contributed by atoms with Crippen LogP contribution >= 0.6 is 11.8 Å². The molecule has 1 saturated heterocycles. The van der Waals surface area contributed by atoms with Gasteiger partial charge in [0.2, 0.25) is 5.91 Å². The van der Waals surface area contributed by atoms with Crippen molar-refractivity contribution in [1.82, 2.24) is 20.1 Å². The monoisotopic (exact) mass is 636 g/mol. The number of amides is 3. The Morgan fingerprint density at radius 1 is 1.02 bits per heavy atom. The van der Waals surface area contributed by atoms with E-state index in [1.165, 1.54) is 51.9 Å². The Labute approximate surface area is 262 Å². The molecule has 0 radical (unpaired) electrons. The molecule has 0 saturated carbocycles. The van der Waals surface area contributed by atoms with E-state index >= 15 is 0 Å². The van der Waals surface area contributed by atoms with E-state index in [1.807, 2.05) is 48.5 Å². The summed E-state index contributed by atoms with van der Waals surface area (Å²) >= 11 is 1.25. The van der Waals surface area contributed by atoms with E-state index in [0.29, 0.717) is 29.6 Å². The lowest BCUT2D eigenvalue weighted by Crippen LogP contribution is -2.32. The number of aromatic nitrogens is 3. The molecule has 0 aliphatic carbocycles. The number of nitrogens with zero attached hydrogens (tertiary/aromatic N) is 5. The summed E-state index contributed by atoms with van der Waals surface area (Å²) in [5.74, 6) is 0.232. The van der Waals surface area contributed by atoms with Crippen LogP contribution in [0.2, 0.25) is 0 Å². The smallest absolute Gasteiger partial charge is 0.406 e. The van der Waals surface area contributed by atoms with Gasteiger partial charge in [0, 0.05) is 12.1 Å². The molecule has 1 aliphatic rings. The van der Waals surface area contributed by atoms with Crippen LogP contribution in [0, 0.1) is 5.41 Å². The fourth-order valence-corrected chi connectivity index (χ4v) is 5.57. The summed E-state index contributed by atoms with van der Waals surface area (Å²) in [6.45, 7) is 6.75. The molecule has 0 bridgehead atoms. The molecule has 0 unspecified atom stereocenters. The molecule has 234 valence electrons. The van der Waals surface area contributed by atoms with Crippen LogP contribution in [-0.4, -0.2) is 50.5 Å². The van der Waals surface area contributed by atoms with Crippen LogP contribution in [0.25, 0.3) is 17.1 Å². The lowest BCUT2D eigenvalue weighted by atomic mass is 9.87. The third-order valence-electron chi connectivity index (χ3n) is 6.64. The third-order valence-corrected chi connectivity index (χ3v) is 7.57. The topological polar surface area (TPSA) is 102 Å². The first-order valence-corrected chi connectivity index (χ1v) is 15.1. The van der Waals surface area contributed by atoms with Crippen LogP contribution in [-0.2, 0) is 17.6 Å². The fourth-order valence-electron chi connectivity index (χ4n) is 4.71. The van der Waals surface area contributed by atoms with Gasteiger partial charge in [0.1, 0.15) is 12.1 Å². The molecule has 1 aromatic heterocycles. The molecule has 4 aromatic rings. The van der Waals surface area contributed by atoms with Gasteiger partial charge in [-0.2, -0.15) is 4.99 Å². The quantitative estimate of drug-likeness (QED) is 0.228. The summed E-state index contributed by atoms with van der Waals surface area (Å²) in [7, 11) is 0. The lowest BCUT2D eigenvalue weighted by Gasteiger charge is -2.24. The van der Waals surface area contributed by atoms with E-state index in [4.69, 9.17) is 0 Å². The highest BCUT2D eigenvalue weighted by atomic mass is 32.2. The van der Waals surface area contributed by atoms with Crippen LogP contribution in [0.3, 0.4) is 0 Å². The van der Waals surface area contributed by atoms with Crippen LogP contribution < -0.4 is 15.0 Å². The zero-order valence-corrected chi connectivity index (χ0v) is 25.7. The minimum atomic E-state index is -4.76. The molecule has 9 nitrogen and oxygen atoms in total. The Bertz CT molecular complexity index is 1700. The minimum absolute atomic E-state index is 0.0188. The van der Waals surface area contributed by atoms with Gasteiger partial charge in [-0.1, -0.05) is 75.0 Å². The second kappa shape index (κ2) is 13.1. The van der Waals surface area contributed by atoms with Gasteiger partial charge in [-0.15, -0.1) is 18.3 Å². The number of amidine groups is 1. The normalized spacial score (nSPS) is 14.7. The summed E-state index contributed by atoms with van der Waals surface area (Å²) in [5.41, 5.74) is 4.03. The number of halogens is 3. The Morgan fingerprint density at radius 2 is 1.73 bits per heavy atom. The summed E-state index contributed by atoms with van der Waals surface area (Å²) in [6, 6.07) is 20.0. The third kappa shape index (κ3) is 8.50. The Hall–Kier alpha value is -4.65. The number of para-hydroxylation sites is 1. The van der Waals surface area contributed by atoms with Crippen molar-refractivity contribution < 1.29 is 27.5 Å². The average molecular weight is 637 g/mol. The number of hydrogen-bond acceptors (Lipinski definition) is 6. The summed E-state index contributed by atoms with van der Waals surface area (Å²) in [6.07, 6.45) is -1.97. The first-order valence-electron chi connectivity index (χ1n) is 14.1. The van der Waals surface area contributed by atoms with Crippen LogP contribution in [0.15, 0.2) is 84.1 Å². The van der Waals surface area contributed by atoms with E-state index in [9.17, 15) is 22.8 Å². The van der Waals surface area contributed by atoms with Crippen molar-refractivity contribution in [3.05, 3.63) is 90.3 Å². The Kier molecular flexibility index (Phi) is 9.28. The SMILES string of the molecule is CC(C)(C)Cc1ccccc1N1C(=O)CS/C1=N\C(=O)NCCc1ccc(-c2ncn(-c3ccc(OC(F)(F)F)cc3)n2)cc1. The van der Waals surface area contributed by atoms with Crippen molar-refractivity contribution in [2.75, 3.05) is 17.2 Å². The predicted molar refractivity (Wildman–Crippen MR) is 168 cm³/mol. The van der Waals surface area contributed by atoms with Gasteiger partial charge in [-0.25, -0.2) is 14.5 Å². The van der Waals surface area contributed by atoms with E-state index in [-0.39, 0.29) is 22.8 Å². The number of nitrogens with one attached hydrogen (secondary N) is 1. The number of urea groups is 1. The number of anilines is 1. The highest BCUT2D eigenvalue weighted by Crippen LogP contribution is 2.33. The maximum atomic E-state index is 12.8. The fraction of sp³-hybridized carbons (Fsp3) is 0.281. The second-order valence-electron chi connectivity index (χ2n) is 11.5. The molecule has 13 heteroatoms. The molecular weight excluding hydrogens is 605 g/mol. The average Bonchev–Trinajstić information content (AvgIpc) is 3.60. The van der Waals surface area contributed by atoms with Crippen molar-refractivity contribution in [1.29, 1.82) is 0 Å². The van der Waals surface area contributed by atoms with Gasteiger partial charge < -0.3 is 10.1 Å². The van der Waals surface area contributed by atoms with Gasteiger partial charge in [0.25, 0.3) is 0 Å². The van der Waals surface area contributed by atoms with Crippen LogP contribution in [0.1, 0.15) is 31.9 Å². The molecule has 0 spiro atoms. The van der Waals surface area contributed by atoms with Crippen molar-refractivity contribution in [2.45, 2.75) is 40.0 Å². The molecule has 1 aliphatic heterocycles. The molecule has 3 amide bonds. The molecule has 5 rings (SSSR count). The standard InChI is InChI=1S/C32H31F3N6O3S/c1-31(2,3)18-23-6-4-5-7-26(23)41-27(42)19-45-30(41)38-29(43)36-17-16-21-8-10-22(11-9-21)28-37-20-40(39-28)24-12-14-25(15-13-24)44-32(33,34)35/h4-15,20H,16-19H2,1-3H3,(H,36,43)/b38-30-. The van der Waals surface area contributed by atoms with Gasteiger partial charge in [-0.3, -0.25) is 9.69 Å². The minimum Gasteiger partial charge on any atom is -0.406 e. The number of ether oxygens (including phenoxy) is 1. The summed E-state index contributed by atoms with van der Waals surface area (Å²) < 4.78 is 42.6. The van der Waals surface area contributed by atoms with Gasteiger partial charge >= 0.3 is 12.4 Å². The number of thioether (sulfide) groups is 1. The molecule has 3 aromatic carbocycles. The number of benzene rings is 3. The summed E-state index contributed by atoms with van der Waals surface area (Å²) in [4.78, 5) is 35.5. The zero-order chi connectivity index (χ0) is 32.2. The maximum absolute atomic E-state index is 12.8. The lowest BCUT2D eigenvalue weighted by molar-refractivity contribution is -0.274. The van der Waals surface area contributed by atoms with Gasteiger partial charge in [0.05, 0.1) is 17.1 Å². The number of hydrogen-bond donors (Lipinski definition) is 1.